The quantitative estimate of drug-likeness (QED) is 0.659. The minimum absolute atomic E-state index is 0.0436. The Bertz CT molecular complexity index is 956. The van der Waals surface area contributed by atoms with Gasteiger partial charge < -0.3 is 20.4 Å². The smallest absolute Gasteiger partial charge is 0.309 e. The van der Waals surface area contributed by atoms with Crippen LogP contribution < -0.4 is 15.5 Å². The monoisotopic (exact) mass is 449 g/mol. The second kappa shape index (κ2) is 10.8. The molecule has 7 nitrogen and oxygen atoms in total. The Hall–Kier alpha value is -2.90. The number of fused-ring (bicyclic) bond motifs is 1. The van der Waals surface area contributed by atoms with Crippen LogP contribution in [0.4, 0.5) is 5.69 Å². The van der Waals surface area contributed by atoms with Crippen molar-refractivity contribution in [2.75, 3.05) is 58.3 Å². The van der Waals surface area contributed by atoms with Gasteiger partial charge in [0.1, 0.15) is 0 Å². The summed E-state index contributed by atoms with van der Waals surface area (Å²) in [6, 6.07) is 16.3. The predicted octanol–water partition coefficient (Wildman–Crippen LogP) is 1.79. The van der Waals surface area contributed by atoms with Crippen LogP contribution in [-0.4, -0.2) is 75.0 Å². The molecular weight excluding hydrogens is 414 g/mol. The third kappa shape index (κ3) is 5.92. The van der Waals surface area contributed by atoms with Gasteiger partial charge in [-0.25, -0.2) is 0 Å². The molecule has 2 N–H and O–H groups in total. The molecule has 7 heteroatoms. The van der Waals surface area contributed by atoms with Crippen molar-refractivity contribution in [1.29, 1.82) is 0 Å². The second-order valence-electron chi connectivity index (χ2n) is 9.15. The number of anilines is 1. The van der Waals surface area contributed by atoms with Crippen molar-refractivity contribution in [2.24, 2.45) is 0 Å². The van der Waals surface area contributed by atoms with E-state index in [0.717, 1.165) is 51.1 Å². The minimum Gasteiger partial charge on any atom is -0.374 e. The van der Waals surface area contributed by atoms with Gasteiger partial charge in [-0.15, -0.1) is 0 Å². The first-order chi connectivity index (χ1) is 16.0. The molecule has 1 atom stereocenters. The van der Waals surface area contributed by atoms with Crippen molar-refractivity contribution >= 4 is 17.5 Å². The van der Waals surface area contributed by atoms with Crippen LogP contribution in [0.15, 0.2) is 48.5 Å². The van der Waals surface area contributed by atoms with E-state index in [9.17, 15) is 9.59 Å². The van der Waals surface area contributed by atoms with E-state index in [1.54, 1.807) is 0 Å². The standard InChI is InChI=1S/C26H35N5O2/c1-29-13-15-31(16-14-29)24(22-10-11-23-21(17-22)9-6-12-30(23)2)19-28-26(33)25(32)27-18-20-7-4-3-5-8-20/h3-5,7-8,10-11,17,24H,6,9,12-16,18-19H2,1-2H3,(H,27,32)(H,28,33). The Morgan fingerprint density at radius 2 is 1.64 bits per heavy atom. The van der Waals surface area contributed by atoms with E-state index in [1.807, 2.05) is 30.3 Å². The molecule has 0 saturated carbocycles. The van der Waals surface area contributed by atoms with Gasteiger partial charge in [0.2, 0.25) is 0 Å². The Balaban J connectivity index is 1.43. The number of carbonyl (C=O) groups is 2. The van der Waals surface area contributed by atoms with E-state index >= 15 is 0 Å². The molecular formula is C26H35N5O2. The molecule has 33 heavy (non-hydrogen) atoms. The van der Waals surface area contributed by atoms with Gasteiger partial charge in [0.05, 0.1) is 6.04 Å². The number of rotatable bonds is 6. The normalized spacial score (nSPS) is 17.8. The highest BCUT2D eigenvalue weighted by atomic mass is 16.2. The largest absolute Gasteiger partial charge is 0.374 e. The van der Waals surface area contributed by atoms with Crippen LogP contribution in [0.5, 0.6) is 0 Å². The van der Waals surface area contributed by atoms with Gasteiger partial charge in [0.15, 0.2) is 0 Å². The molecule has 1 fully saturated rings. The minimum atomic E-state index is -0.594. The summed E-state index contributed by atoms with van der Waals surface area (Å²) in [6.07, 6.45) is 2.24. The maximum atomic E-state index is 12.6. The lowest BCUT2D eigenvalue weighted by Crippen LogP contribution is -2.49. The third-order valence-corrected chi connectivity index (χ3v) is 6.78. The van der Waals surface area contributed by atoms with Crippen molar-refractivity contribution in [3.63, 3.8) is 0 Å². The summed E-state index contributed by atoms with van der Waals surface area (Å²) in [7, 11) is 4.28. The lowest BCUT2D eigenvalue weighted by atomic mass is 9.95. The number of aryl methyl sites for hydroxylation is 1. The topological polar surface area (TPSA) is 67.9 Å². The first-order valence-electron chi connectivity index (χ1n) is 11.9. The average molecular weight is 450 g/mol. The first-order valence-corrected chi connectivity index (χ1v) is 11.9. The summed E-state index contributed by atoms with van der Waals surface area (Å²) in [5.41, 5.74) is 4.84. The number of hydrogen-bond acceptors (Lipinski definition) is 5. The summed E-state index contributed by atoms with van der Waals surface area (Å²) in [4.78, 5) is 32.0. The number of nitrogens with zero attached hydrogens (tertiary/aromatic N) is 3. The molecule has 1 saturated heterocycles. The molecule has 2 amide bonds. The van der Waals surface area contributed by atoms with E-state index in [2.05, 4.69) is 57.6 Å². The van der Waals surface area contributed by atoms with E-state index in [0.29, 0.717) is 13.1 Å². The highest BCUT2D eigenvalue weighted by Gasteiger charge is 2.26. The summed E-state index contributed by atoms with van der Waals surface area (Å²) in [6.45, 7) is 5.71. The number of amides is 2. The van der Waals surface area contributed by atoms with Gasteiger partial charge in [0.25, 0.3) is 0 Å². The Labute approximate surface area is 196 Å². The van der Waals surface area contributed by atoms with Crippen LogP contribution in [0, 0.1) is 0 Å². The number of carbonyl (C=O) groups excluding carboxylic acids is 2. The number of nitrogens with one attached hydrogen (secondary N) is 2. The lowest BCUT2D eigenvalue weighted by molar-refractivity contribution is -0.139. The summed E-state index contributed by atoms with van der Waals surface area (Å²) in [5.74, 6) is -1.18. The summed E-state index contributed by atoms with van der Waals surface area (Å²) in [5, 5.41) is 5.61. The average Bonchev–Trinajstić information content (AvgIpc) is 2.84. The van der Waals surface area contributed by atoms with Crippen LogP contribution >= 0.6 is 0 Å². The highest BCUT2D eigenvalue weighted by molar-refractivity contribution is 6.35. The van der Waals surface area contributed by atoms with Gasteiger partial charge in [-0.3, -0.25) is 14.5 Å². The van der Waals surface area contributed by atoms with Crippen LogP contribution in [0.25, 0.3) is 0 Å². The number of hydrogen-bond donors (Lipinski definition) is 2. The van der Waals surface area contributed by atoms with E-state index in [1.165, 1.54) is 16.8 Å². The second-order valence-corrected chi connectivity index (χ2v) is 9.15. The van der Waals surface area contributed by atoms with Crippen molar-refractivity contribution in [1.82, 2.24) is 20.4 Å². The van der Waals surface area contributed by atoms with Crippen molar-refractivity contribution in [3.05, 3.63) is 65.2 Å². The molecule has 4 rings (SSSR count). The van der Waals surface area contributed by atoms with Crippen molar-refractivity contribution < 1.29 is 9.59 Å². The van der Waals surface area contributed by atoms with Gasteiger partial charge in [-0.2, -0.15) is 0 Å². The zero-order valence-corrected chi connectivity index (χ0v) is 19.7. The Kier molecular flexibility index (Phi) is 7.62. The molecule has 2 aromatic rings. The highest BCUT2D eigenvalue weighted by Crippen LogP contribution is 2.31. The molecule has 0 spiro atoms. The maximum Gasteiger partial charge on any atom is 0.309 e. The van der Waals surface area contributed by atoms with Gasteiger partial charge in [0, 0.05) is 58.5 Å². The van der Waals surface area contributed by atoms with Crippen LogP contribution in [-0.2, 0) is 22.6 Å². The number of piperazine rings is 1. The lowest BCUT2D eigenvalue weighted by Gasteiger charge is -2.39. The first kappa shape index (κ1) is 23.3. The fraction of sp³-hybridized carbons (Fsp3) is 0.462. The Morgan fingerprint density at radius 1 is 0.909 bits per heavy atom. The molecule has 2 aliphatic rings. The zero-order chi connectivity index (χ0) is 23.2. The van der Waals surface area contributed by atoms with Crippen LogP contribution in [0.3, 0.4) is 0 Å². The third-order valence-electron chi connectivity index (χ3n) is 6.78. The van der Waals surface area contributed by atoms with E-state index in [-0.39, 0.29) is 6.04 Å². The van der Waals surface area contributed by atoms with E-state index < -0.39 is 11.8 Å². The molecule has 176 valence electrons. The number of benzene rings is 2. The van der Waals surface area contributed by atoms with Crippen molar-refractivity contribution in [3.8, 4) is 0 Å². The van der Waals surface area contributed by atoms with Gasteiger partial charge >= 0.3 is 11.8 Å². The van der Waals surface area contributed by atoms with E-state index in [4.69, 9.17) is 0 Å². The number of likely N-dealkylation sites (N-methyl/N-ethyl adjacent to an activating group) is 1. The molecule has 2 heterocycles. The fourth-order valence-electron chi connectivity index (χ4n) is 4.73. The molecule has 0 radical (unpaired) electrons. The molecule has 2 aliphatic heterocycles. The molecule has 0 aliphatic carbocycles. The zero-order valence-electron chi connectivity index (χ0n) is 19.7. The maximum absolute atomic E-state index is 12.6. The Morgan fingerprint density at radius 3 is 2.39 bits per heavy atom. The summed E-state index contributed by atoms with van der Waals surface area (Å²) < 4.78 is 0. The predicted molar refractivity (Wildman–Crippen MR) is 131 cm³/mol. The summed E-state index contributed by atoms with van der Waals surface area (Å²) >= 11 is 0. The molecule has 0 bridgehead atoms. The molecule has 0 aromatic heterocycles. The molecule has 2 aromatic carbocycles. The fourth-order valence-corrected chi connectivity index (χ4v) is 4.73. The molecule has 1 unspecified atom stereocenters. The van der Waals surface area contributed by atoms with Crippen LogP contribution in [0.2, 0.25) is 0 Å². The SMILES string of the molecule is CN1CCN(C(CNC(=O)C(=O)NCc2ccccc2)c2ccc3c(c2)CCCN3C)CC1. The van der Waals surface area contributed by atoms with Crippen LogP contribution in [0.1, 0.15) is 29.2 Å². The van der Waals surface area contributed by atoms with Crippen molar-refractivity contribution in [2.45, 2.75) is 25.4 Å². The van der Waals surface area contributed by atoms with Gasteiger partial charge in [-0.1, -0.05) is 42.5 Å². The van der Waals surface area contributed by atoms with Gasteiger partial charge in [-0.05, 0) is 42.6 Å².